The highest BCUT2D eigenvalue weighted by Crippen LogP contribution is 2.18. The van der Waals surface area contributed by atoms with Crippen molar-refractivity contribution in [2.75, 3.05) is 0 Å². The van der Waals surface area contributed by atoms with Gasteiger partial charge in [-0.3, -0.25) is 4.79 Å². The predicted octanol–water partition coefficient (Wildman–Crippen LogP) is 3.27. The fourth-order valence-corrected chi connectivity index (χ4v) is 2.06. The van der Waals surface area contributed by atoms with E-state index in [-0.39, 0.29) is 13.0 Å². The summed E-state index contributed by atoms with van der Waals surface area (Å²) in [5.41, 5.74) is 1.17. The highest BCUT2D eigenvalue weighted by atomic mass is 19.1. The maximum Gasteiger partial charge on any atom is 0.407 e. The molecule has 0 aromatic heterocycles. The average molecular weight is 317 g/mol. The molecule has 0 aliphatic rings. The van der Waals surface area contributed by atoms with E-state index in [0.717, 1.165) is 5.56 Å². The van der Waals surface area contributed by atoms with E-state index < -0.39 is 23.9 Å². The molecule has 0 spiro atoms. The summed E-state index contributed by atoms with van der Waals surface area (Å²) in [5, 5.41) is 11.4. The topological polar surface area (TPSA) is 75.6 Å². The molecular formula is C17H16FNO4. The van der Waals surface area contributed by atoms with Crippen molar-refractivity contribution in [1.29, 1.82) is 0 Å². The van der Waals surface area contributed by atoms with Gasteiger partial charge in [0.1, 0.15) is 12.4 Å². The fourth-order valence-electron chi connectivity index (χ4n) is 2.06. The van der Waals surface area contributed by atoms with Crippen LogP contribution in [0.25, 0.3) is 0 Å². The number of benzene rings is 2. The first-order valence-electron chi connectivity index (χ1n) is 6.99. The van der Waals surface area contributed by atoms with Gasteiger partial charge >= 0.3 is 12.1 Å². The van der Waals surface area contributed by atoms with E-state index in [2.05, 4.69) is 5.32 Å². The first-order valence-corrected chi connectivity index (χ1v) is 6.99. The molecule has 0 heterocycles. The predicted molar refractivity (Wildman–Crippen MR) is 81.2 cm³/mol. The Morgan fingerprint density at radius 1 is 1.13 bits per heavy atom. The number of halogens is 1. The van der Waals surface area contributed by atoms with Crippen molar-refractivity contribution in [3.8, 4) is 0 Å². The maximum atomic E-state index is 13.3. The summed E-state index contributed by atoms with van der Waals surface area (Å²) in [4.78, 5) is 22.8. The Bertz CT molecular complexity index is 675. The fraction of sp³-hybridized carbons (Fsp3) is 0.176. The van der Waals surface area contributed by atoms with Gasteiger partial charge in [0.25, 0.3) is 0 Å². The minimum atomic E-state index is -1.11. The Morgan fingerprint density at radius 2 is 1.87 bits per heavy atom. The van der Waals surface area contributed by atoms with Crippen molar-refractivity contribution in [1.82, 2.24) is 5.32 Å². The van der Waals surface area contributed by atoms with Crippen LogP contribution in [0.3, 0.4) is 0 Å². The van der Waals surface area contributed by atoms with Gasteiger partial charge in [0.05, 0.1) is 12.5 Å². The van der Waals surface area contributed by atoms with Gasteiger partial charge in [0, 0.05) is 0 Å². The summed E-state index contributed by atoms with van der Waals surface area (Å²) in [5.74, 6) is -1.61. The van der Waals surface area contributed by atoms with Crippen LogP contribution >= 0.6 is 0 Å². The number of ether oxygens (including phenoxy) is 1. The minimum absolute atomic E-state index is 0.0651. The molecule has 2 rings (SSSR count). The Labute approximate surface area is 132 Å². The molecule has 0 saturated heterocycles. The smallest absolute Gasteiger partial charge is 0.407 e. The molecule has 0 unspecified atom stereocenters. The van der Waals surface area contributed by atoms with Gasteiger partial charge in [0.2, 0.25) is 0 Å². The molecule has 0 aliphatic carbocycles. The number of carbonyl (C=O) groups excluding carboxylic acids is 1. The van der Waals surface area contributed by atoms with E-state index in [0.29, 0.717) is 5.56 Å². The third-order valence-corrected chi connectivity index (χ3v) is 3.13. The normalized spacial score (nSPS) is 11.5. The van der Waals surface area contributed by atoms with Crippen LogP contribution in [0, 0.1) is 5.82 Å². The van der Waals surface area contributed by atoms with Gasteiger partial charge in [-0.1, -0.05) is 42.5 Å². The zero-order chi connectivity index (χ0) is 16.7. The second-order valence-electron chi connectivity index (χ2n) is 4.91. The zero-order valence-corrected chi connectivity index (χ0v) is 12.2. The van der Waals surface area contributed by atoms with Gasteiger partial charge in [-0.2, -0.15) is 0 Å². The van der Waals surface area contributed by atoms with E-state index in [1.165, 1.54) is 18.2 Å². The molecular weight excluding hydrogens is 301 g/mol. The van der Waals surface area contributed by atoms with Gasteiger partial charge in [-0.05, 0) is 23.3 Å². The molecule has 2 aromatic carbocycles. The van der Waals surface area contributed by atoms with Crippen molar-refractivity contribution >= 4 is 12.1 Å². The molecule has 5 nitrogen and oxygen atoms in total. The first-order chi connectivity index (χ1) is 11.0. The largest absolute Gasteiger partial charge is 0.481 e. The van der Waals surface area contributed by atoms with Gasteiger partial charge in [-0.25, -0.2) is 9.18 Å². The van der Waals surface area contributed by atoms with Crippen molar-refractivity contribution in [2.45, 2.75) is 19.1 Å². The SMILES string of the molecule is O=C(O)C[C@@H](NC(=O)OCc1ccccc1)c1cccc(F)c1. The molecule has 2 N–H and O–H groups in total. The quantitative estimate of drug-likeness (QED) is 0.857. The van der Waals surface area contributed by atoms with Gasteiger partial charge < -0.3 is 15.2 Å². The number of amides is 1. The summed E-state index contributed by atoms with van der Waals surface area (Å²) in [7, 11) is 0. The number of carbonyl (C=O) groups is 2. The third-order valence-electron chi connectivity index (χ3n) is 3.13. The third kappa shape index (κ3) is 5.43. The number of aliphatic carboxylic acids is 1. The lowest BCUT2D eigenvalue weighted by molar-refractivity contribution is -0.137. The lowest BCUT2D eigenvalue weighted by atomic mass is 10.0. The van der Waals surface area contributed by atoms with Crippen LogP contribution in [0.2, 0.25) is 0 Å². The number of carboxylic acid groups (broad SMARTS) is 1. The zero-order valence-electron chi connectivity index (χ0n) is 12.2. The van der Waals surface area contributed by atoms with Crippen molar-refractivity contribution < 1.29 is 23.8 Å². The van der Waals surface area contributed by atoms with Crippen LogP contribution in [0.1, 0.15) is 23.6 Å². The molecule has 0 aliphatic heterocycles. The van der Waals surface area contributed by atoms with E-state index in [9.17, 15) is 14.0 Å². The Hall–Kier alpha value is -2.89. The lowest BCUT2D eigenvalue weighted by Crippen LogP contribution is -2.30. The molecule has 2 aromatic rings. The number of hydrogen-bond donors (Lipinski definition) is 2. The highest BCUT2D eigenvalue weighted by molar-refractivity contribution is 5.72. The van der Waals surface area contributed by atoms with Gasteiger partial charge in [0.15, 0.2) is 0 Å². The van der Waals surface area contributed by atoms with Crippen molar-refractivity contribution in [2.24, 2.45) is 0 Å². The summed E-state index contributed by atoms with van der Waals surface area (Å²) in [6.45, 7) is 0.0651. The van der Waals surface area contributed by atoms with E-state index in [1.807, 2.05) is 18.2 Å². The van der Waals surface area contributed by atoms with Crippen LogP contribution in [0.15, 0.2) is 54.6 Å². The molecule has 1 amide bonds. The molecule has 0 fully saturated rings. The number of rotatable bonds is 6. The average Bonchev–Trinajstić information content (AvgIpc) is 2.53. The summed E-state index contributed by atoms with van der Waals surface area (Å²) >= 11 is 0. The van der Waals surface area contributed by atoms with Crippen molar-refractivity contribution in [3.05, 3.63) is 71.5 Å². The number of nitrogens with one attached hydrogen (secondary N) is 1. The molecule has 1 atom stereocenters. The lowest BCUT2D eigenvalue weighted by Gasteiger charge is -2.17. The van der Waals surface area contributed by atoms with Crippen LogP contribution in [-0.2, 0) is 16.1 Å². The van der Waals surface area contributed by atoms with E-state index in [1.54, 1.807) is 18.2 Å². The van der Waals surface area contributed by atoms with Crippen molar-refractivity contribution in [3.63, 3.8) is 0 Å². The standard InChI is InChI=1S/C17H16FNO4/c18-14-8-4-7-13(9-14)15(10-16(20)21)19-17(22)23-11-12-5-2-1-3-6-12/h1-9,15H,10-11H2,(H,19,22)(H,20,21)/t15-/m1/s1. The van der Waals surface area contributed by atoms with Crippen LogP contribution in [-0.4, -0.2) is 17.2 Å². The Balaban J connectivity index is 1.99. The Kier molecular flexibility index (Phi) is 5.68. The second kappa shape index (κ2) is 7.93. The van der Waals surface area contributed by atoms with Crippen LogP contribution in [0.5, 0.6) is 0 Å². The molecule has 6 heteroatoms. The molecule has 0 radical (unpaired) electrons. The first kappa shape index (κ1) is 16.5. The second-order valence-corrected chi connectivity index (χ2v) is 4.91. The molecule has 120 valence electrons. The summed E-state index contributed by atoms with van der Waals surface area (Å²) in [6, 6.07) is 13.6. The van der Waals surface area contributed by atoms with Crippen LogP contribution < -0.4 is 5.32 Å². The highest BCUT2D eigenvalue weighted by Gasteiger charge is 2.19. The maximum absolute atomic E-state index is 13.3. The van der Waals surface area contributed by atoms with E-state index in [4.69, 9.17) is 9.84 Å². The molecule has 0 bridgehead atoms. The summed E-state index contributed by atoms with van der Waals surface area (Å²) in [6.07, 6.45) is -1.13. The molecule has 23 heavy (non-hydrogen) atoms. The number of carboxylic acids is 1. The van der Waals surface area contributed by atoms with Crippen LogP contribution in [0.4, 0.5) is 9.18 Å². The molecule has 0 saturated carbocycles. The monoisotopic (exact) mass is 317 g/mol. The number of alkyl carbamates (subject to hydrolysis) is 1. The van der Waals surface area contributed by atoms with E-state index >= 15 is 0 Å². The Morgan fingerprint density at radius 3 is 2.52 bits per heavy atom. The minimum Gasteiger partial charge on any atom is -0.481 e. The summed E-state index contributed by atoms with van der Waals surface area (Å²) < 4.78 is 18.3. The van der Waals surface area contributed by atoms with Gasteiger partial charge in [-0.15, -0.1) is 0 Å². The number of hydrogen-bond acceptors (Lipinski definition) is 3.